The second kappa shape index (κ2) is 4.94. The normalized spacial score (nSPS) is 47.3. The van der Waals surface area contributed by atoms with E-state index in [1.165, 1.54) is 12.3 Å². The first-order valence-electron chi connectivity index (χ1n) is 7.37. The Morgan fingerprint density at radius 2 is 2.05 bits per heavy atom. The van der Waals surface area contributed by atoms with Gasteiger partial charge in [-0.2, -0.15) is 0 Å². The summed E-state index contributed by atoms with van der Waals surface area (Å²) in [7, 11) is 1.39. The minimum Gasteiger partial charge on any atom is -0.467 e. The van der Waals surface area contributed by atoms with Crippen LogP contribution in [0.1, 0.15) is 33.6 Å². The van der Waals surface area contributed by atoms with Gasteiger partial charge in [0.25, 0.3) is 0 Å². The summed E-state index contributed by atoms with van der Waals surface area (Å²) < 4.78 is 10.5. The smallest absolute Gasteiger partial charge is 0.337 e. The van der Waals surface area contributed by atoms with E-state index in [1.807, 2.05) is 6.92 Å². The van der Waals surface area contributed by atoms with Gasteiger partial charge in [-0.05, 0) is 32.6 Å². The molecular formula is C14H23NO5. The fourth-order valence-corrected chi connectivity index (χ4v) is 4.22. The zero-order valence-electron chi connectivity index (χ0n) is 12.5. The highest BCUT2D eigenvalue weighted by molar-refractivity contribution is 5.75. The molecule has 0 N–H and O–H groups in total. The van der Waals surface area contributed by atoms with Crippen molar-refractivity contribution in [3.8, 4) is 0 Å². The number of hydroxylamine groups is 2. The molecule has 0 aromatic rings. The second-order valence-electron chi connectivity index (χ2n) is 6.11. The molecule has 1 saturated carbocycles. The molecule has 0 aromatic heterocycles. The molecule has 0 unspecified atom stereocenters. The number of rotatable bonds is 3. The SMILES string of the molecule is CCO[C@H]1ON2O[C@H](C(=O)OC)[C@H]3CC[C@@H]([C@H]1C)[C@]32C. The van der Waals surface area contributed by atoms with Crippen molar-refractivity contribution in [2.24, 2.45) is 17.8 Å². The van der Waals surface area contributed by atoms with E-state index in [-0.39, 0.29) is 29.6 Å². The van der Waals surface area contributed by atoms with Crippen LogP contribution in [0.25, 0.3) is 0 Å². The minimum atomic E-state index is -0.567. The van der Waals surface area contributed by atoms with Crippen molar-refractivity contribution in [3.05, 3.63) is 0 Å². The topological polar surface area (TPSA) is 57.2 Å². The Bertz CT molecular complexity index is 403. The maximum Gasteiger partial charge on any atom is 0.337 e. The van der Waals surface area contributed by atoms with E-state index in [9.17, 15) is 4.79 Å². The van der Waals surface area contributed by atoms with Gasteiger partial charge >= 0.3 is 5.97 Å². The maximum absolute atomic E-state index is 11.9. The maximum atomic E-state index is 11.9. The predicted octanol–water partition coefficient (Wildman–Crippen LogP) is 1.50. The Labute approximate surface area is 119 Å². The molecule has 1 aliphatic carbocycles. The highest BCUT2D eigenvalue weighted by atomic mass is 17.0. The van der Waals surface area contributed by atoms with Crippen LogP contribution in [-0.2, 0) is 23.9 Å². The van der Waals surface area contributed by atoms with Crippen molar-refractivity contribution >= 4 is 5.97 Å². The van der Waals surface area contributed by atoms with Crippen LogP contribution in [-0.4, -0.2) is 42.8 Å². The lowest BCUT2D eigenvalue weighted by atomic mass is 9.74. The van der Waals surface area contributed by atoms with E-state index in [0.29, 0.717) is 12.5 Å². The number of nitrogens with zero attached hydrogens (tertiary/aromatic N) is 1. The van der Waals surface area contributed by atoms with Crippen LogP contribution >= 0.6 is 0 Å². The third kappa shape index (κ3) is 1.75. The van der Waals surface area contributed by atoms with E-state index < -0.39 is 6.10 Å². The summed E-state index contributed by atoms with van der Waals surface area (Å²) in [4.78, 5) is 23.5. The number of esters is 1. The van der Waals surface area contributed by atoms with Gasteiger partial charge in [0.1, 0.15) is 0 Å². The van der Waals surface area contributed by atoms with Gasteiger partial charge in [-0.1, -0.05) is 12.2 Å². The second-order valence-corrected chi connectivity index (χ2v) is 6.11. The molecule has 3 rings (SSSR count). The van der Waals surface area contributed by atoms with Crippen molar-refractivity contribution in [1.29, 1.82) is 0 Å². The first-order chi connectivity index (χ1) is 9.53. The summed E-state index contributed by atoms with van der Waals surface area (Å²) in [6.45, 7) is 6.82. The van der Waals surface area contributed by atoms with Crippen LogP contribution in [0.15, 0.2) is 0 Å². The molecule has 0 amide bonds. The Morgan fingerprint density at radius 3 is 2.70 bits per heavy atom. The number of ether oxygens (including phenoxy) is 2. The monoisotopic (exact) mass is 285 g/mol. The van der Waals surface area contributed by atoms with Crippen molar-refractivity contribution in [2.45, 2.75) is 51.5 Å². The number of carbonyl (C=O) groups is 1. The summed E-state index contributed by atoms with van der Waals surface area (Å²) >= 11 is 0. The molecule has 3 fully saturated rings. The van der Waals surface area contributed by atoms with Gasteiger partial charge in [-0.25, -0.2) is 9.63 Å². The Balaban J connectivity index is 1.88. The van der Waals surface area contributed by atoms with Gasteiger partial charge in [0.15, 0.2) is 12.4 Å². The molecule has 2 aliphatic heterocycles. The Kier molecular flexibility index (Phi) is 3.52. The van der Waals surface area contributed by atoms with Crippen LogP contribution in [0.2, 0.25) is 0 Å². The average molecular weight is 285 g/mol. The van der Waals surface area contributed by atoms with Gasteiger partial charge in [0.05, 0.1) is 12.6 Å². The van der Waals surface area contributed by atoms with Gasteiger partial charge in [-0.15, -0.1) is 0 Å². The van der Waals surface area contributed by atoms with Crippen molar-refractivity contribution in [2.75, 3.05) is 13.7 Å². The van der Waals surface area contributed by atoms with Crippen molar-refractivity contribution in [1.82, 2.24) is 5.23 Å². The molecule has 0 aromatic carbocycles. The van der Waals surface area contributed by atoms with E-state index >= 15 is 0 Å². The van der Waals surface area contributed by atoms with Crippen LogP contribution < -0.4 is 0 Å². The number of hydrogen-bond acceptors (Lipinski definition) is 6. The van der Waals surface area contributed by atoms with Crippen LogP contribution in [0, 0.1) is 17.8 Å². The molecule has 2 saturated heterocycles. The summed E-state index contributed by atoms with van der Waals surface area (Å²) in [6.07, 6.45) is 1.13. The summed E-state index contributed by atoms with van der Waals surface area (Å²) in [5.41, 5.74) is -0.272. The average Bonchev–Trinajstić information content (AvgIpc) is 2.92. The van der Waals surface area contributed by atoms with E-state index in [4.69, 9.17) is 19.1 Å². The summed E-state index contributed by atoms with van der Waals surface area (Å²) in [5.74, 6) is 0.467. The van der Waals surface area contributed by atoms with E-state index in [2.05, 4.69) is 13.8 Å². The Morgan fingerprint density at radius 1 is 1.35 bits per heavy atom. The fraction of sp³-hybridized carbons (Fsp3) is 0.929. The third-order valence-electron chi connectivity index (χ3n) is 5.29. The quantitative estimate of drug-likeness (QED) is 0.733. The zero-order chi connectivity index (χ0) is 14.5. The van der Waals surface area contributed by atoms with Crippen molar-refractivity contribution < 1.29 is 23.9 Å². The molecule has 20 heavy (non-hydrogen) atoms. The molecular weight excluding hydrogens is 262 g/mol. The van der Waals surface area contributed by atoms with Crippen LogP contribution in [0.4, 0.5) is 0 Å². The van der Waals surface area contributed by atoms with Gasteiger partial charge in [0, 0.05) is 18.4 Å². The Hall–Kier alpha value is -0.690. The minimum absolute atomic E-state index is 0.116. The lowest BCUT2D eigenvalue weighted by molar-refractivity contribution is -0.469. The van der Waals surface area contributed by atoms with Crippen LogP contribution in [0.3, 0.4) is 0 Å². The third-order valence-corrected chi connectivity index (χ3v) is 5.29. The molecule has 114 valence electrons. The molecule has 0 spiro atoms. The number of hydrogen-bond donors (Lipinski definition) is 0. The van der Waals surface area contributed by atoms with E-state index in [1.54, 1.807) is 0 Å². The molecule has 0 bridgehead atoms. The van der Waals surface area contributed by atoms with Gasteiger partial charge < -0.3 is 9.47 Å². The lowest BCUT2D eigenvalue weighted by Gasteiger charge is -2.47. The van der Waals surface area contributed by atoms with Crippen LogP contribution in [0.5, 0.6) is 0 Å². The largest absolute Gasteiger partial charge is 0.467 e. The lowest BCUT2D eigenvalue weighted by Crippen LogP contribution is -2.58. The highest BCUT2D eigenvalue weighted by Gasteiger charge is 2.67. The summed E-state index contributed by atoms with van der Waals surface area (Å²) in [6, 6.07) is 0. The van der Waals surface area contributed by atoms with Gasteiger partial charge in [0.2, 0.25) is 0 Å². The van der Waals surface area contributed by atoms with Crippen molar-refractivity contribution in [3.63, 3.8) is 0 Å². The van der Waals surface area contributed by atoms with Gasteiger partial charge in [-0.3, -0.25) is 4.84 Å². The zero-order valence-corrected chi connectivity index (χ0v) is 12.5. The number of carbonyl (C=O) groups excluding carboxylic acids is 1. The predicted molar refractivity (Wildman–Crippen MR) is 69.0 cm³/mol. The molecule has 0 radical (unpaired) electrons. The summed E-state index contributed by atoms with van der Waals surface area (Å²) in [5, 5.41) is 1.53. The molecule has 6 atom stereocenters. The molecule has 6 heteroatoms. The molecule has 2 heterocycles. The first kappa shape index (κ1) is 14.3. The fourth-order valence-electron chi connectivity index (χ4n) is 4.22. The van der Waals surface area contributed by atoms with E-state index in [0.717, 1.165) is 12.8 Å². The first-order valence-corrected chi connectivity index (χ1v) is 7.37. The molecule has 3 aliphatic rings. The highest BCUT2D eigenvalue weighted by Crippen LogP contribution is 2.57. The number of methoxy groups -OCH3 is 1. The molecule has 6 nitrogen and oxygen atoms in total. The standard InChI is InChI=1S/C14H23NO5/c1-5-18-13-8(2)9-6-7-10-11(12(16)17-4)19-15(20-13)14(9,10)3/h8-11,13H,5-7H2,1-4H3/t8-,9+,10-,11+,13+,14-/m1/s1.